The second kappa shape index (κ2) is 4.23. The van der Waals surface area contributed by atoms with Crippen LogP contribution in [0.2, 0.25) is 0 Å². The Labute approximate surface area is 113 Å². The molecule has 1 heterocycles. The highest BCUT2D eigenvalue weighted by molar-refractivity contribution is 5.79. The normalized spacial score (nSPS) is 20.8. The SMILES string of the molecule is CN(C)C(c1ccc2c(c1)CCO2)C1(C(=O)O)CC1. The van der Waals surface area contributed by atoms with E-state index in [-0.39, 0.29) is 6.04 Å². The third kappa shape index (κ3) is 1.91. The summed E-state index contributed by atoms with van der Waals surface area (Å²) < 4.78 is 5.51. The monoisotopic (exact) mass is 261 g/mol. The van der Waals surface area contributed by atoms with Gasteiger partial charge in [0.2, 0.25) is 0 Å². The molecule has 0 spiro atoms. The van der Waals surface area contributed by atoms with Gasteiger partial charge in [-0.05, 0) is 44.1 Å². The molecule has 1 aliphatic heterocycles. The van der Waals surface area contributed by atoms with E-state index in [1.807, 2.05) is 31.1 Å². The van der Waals surface area contributed by atoms with Gasteiger partial charge in [-0.2, -0.15) is 0 Å². The van der Waals surface area contributed by atoms with E-state index >= 15 is 0 Å². The van der Waals surface area contributed by atoms with Gasteiger partial charge >= 0.3 is 5.97 Å². The summed E-state index contributed by atoms with van der Waals surface area (Å²) in [7, 11) is 3.91. The van der Waals surface area contributed by atoms with Gasteiger partial charge in [0, 0.05) is 6.42 Å². The van der Waals surface area contributed by atoms with Crippen LogP contribution in [0.3, 0.4) is 0 Å². The van der Waals surface area contributed by atoms with E-state index in [9.17, 15) is 9.90 Å². The number of benzene rings is 1. The fourth-order valence-electron chi connectivity index (χ4n) is 3.23. The van der Waals surface area contributed by atoms with Crippen LogP contribution in [0.5, 0.6) is 5.75 Å². The topological polar surface area (TPSA) is 49.8 Å². The highest BCUT2D eigenvalue weighted by Gasteiger charge is 2.57. The molecule has 1 atom stereocenters. The van der Waals surface area contributed by atoms with Crippen LogP contribution in [-0.4, -0.2) is 36.7 Å². The molecule has 1 aliphatic carbocycles. The summed E-state index contributed by atoms with van der Waals surface area (Å²) in [6.07, 6.45) is 2.45. The number of carboxylic acids is 1. The molecule has 0 bridgehead atoms. The Balaban J connectivity index is 1.99. The van der Waals surface area contributed by atoms with Crippen molar-refractivity contribution in [2.75, 3.05) is 20.7 Å². The molecule has 2 aliphatic rings. The molecule has 1 saturated carbocycles. The summed E-state index contributed by atoms with van der Waals surface area (Å²) >= 11 is 0. The van der Waals surface area contributed by atoms with Gasteiger partial charge in [-0.3, -0.25) is 4.79 Å². The van der Waals surface area contributed by atoms with Gasteiger partial charge in [-0.25, -0.2) is 0 Å². The van der Waals surface area contributed by atoms with E-state index in [0.29, 0.717) is 0 Å². The van der Waals surface area contributed by atoms with Gasteiger partial charge in [0.15, 0.2) is 0 Å². The number of carbonyl (C=O) groups is 1. The molecule has 1 aromatic carbocycles. The number of rotatable bonds is 4. The average Bonchev–Trinajstić information content (AvgIpc) is 3.01. The molecule has 1 N–H and O–H groups in total. The Kier molecular flexibility index (Phi) is 2.78. The van der Waals surface area contributed by atoms with Crippen molar-refractivity contribution in [1.82, 2.24) is 4.90 Å². The smallest absolute Gasteiger partial charge is 0.311 e. The standard InChI is InChI=1S/C15H19NO3/c1-16(2)13(15(6-7-15)14(17)18)11-3-4-12-10(9-11)5-8-19-12/h3-4,9,13H,5-8H2,1-2H3,(H,17,18). The number of hydrogen-bond donors (Lipinski definition) is 1. The third-order valence-electron chi connectivity index (χ3n) is 4.28. The number of fused-ring (bicyclic) bond motifs is 1. The summed E-state index contributed by atoms with van der Waals surface area (Å²) in [5.41, 5.74) is 1.69. The Bertz CT molecular complexity index is 520. The minimum absolute atomic E-state index is 0.0594. The second-order valence-electron chi connectivity index (χ2n) is 5.79. The number of hydrogen-bond acceptors (Lipinski definition) is 3. The maximum absolute atomic E-state index is 11.6. The summed E-state index contributed by atoms with van der Waals surface area (Å²) in [4.78, 5) is 13.6. The van der Waals surface area contributed by atoms with Crippen molar-refractivity contribution in [3.05, 3.63) is 29.3 Å². The Hall–Kier alpha value is -1.55. The molecule has 1 aromatic rings. The van der Waals surface area contributed by atoms with Crippen LogP contribution in [0.4, 0.5) is 0 Å². The molecule has 3 rings (SSSR count). The molecule has 0 aromatic heterocycles. The van der Waals surface area contributed by atoms with Crippen LogP contribution in [0.25, 0.3) is 0 Å². The van der Waals surface area contributed by atoms with Crippen LogP contribution < -0.4 is 4.74 Å². The van der Waals surface area contributed by atoms with Crippen LogP contribution in [0.1, 0.15) is 30.0 Å². The zero-order valence-corrected chi connectivity index (χ0v) is 11.3. The van der Waals surface area contributed by atoms with E-state index in [1.54, 1.807) is 0 Å². The first kappa shape index (κ1) is 12.5. The van der Waals surface area contributed by atoms with Gasteiger partial charge in [0.05, 0.1) is 18.1 Å². The van der Waals surface area contributed by atoms with Gasteiger partial charge in [0.1, 0.15) is 5.75 Å². The third-order valence-corrected chi connectivity index (χ3v) is 4.28. The fourth-order valence-corrected chi connectivity index (χ4v) is 3.23. The zero-order chi connectivity index (χ0) is 13.6. The van der Waals surface area contributed by atoms with Gasteiger partial charge in [-0.15, -0.1) is 0 Å². The molecule has 19 heavy (non-hydrogen) atoms. The molecule has 0 amide bonds. The van der Waals surface area contributed by atoms with E-state index in [1.165, 1.54) is 5.56 Å². The fraction of sp³-hybridized carbons (Fsp3) is 0.533. The van der Waals surface area contributed by atoms with Crippen LogP contribution in [0.15, 0.2) is 18.2 Å². The summed E-state index contributed by atoms with van der Waals surface area (Å²) in [6, 6.07) is 6.05. The highest BCUT2D eigenvalue weighted by Crippen LogP contribution is 2.57. The molecule has 1 fully saturated rings. The average molecular weight is 261 g/mol. The number of aliphatic carboxylic acids is 1. The Morgan fingerprint density at radius 2 is 2.16 bits per heavy atom. The molecule has 4 nitrogen and oxygen atoms in total. The van der Waals surface area contributed by atoms with Crippen molar-refractivity contribution < 1.29 is 14.6 Å². The van der Waals surface area contributed by atoms with Crippen LogP contribution >= 0.6 is 0 Å². The van der Waals surface area contributed by atoms with Crippen molar-refractivity contribution in [3.63, 3.8) is 0 Å². The second-order valence-corrected chi connectivity index (χ2v) is 5.79. The Morgan fingerprint density at radius 3 is 2.74 bits per heavy atom. The minimum Gasteiger partial charge on any atom is -0.493 e. The lowest BCUT2D eigenvalue weighted by Gasteiger charge is -2.30. The van der Waals surface area contributed by atoms with Crippen molar-refractivity contribution >= 4 is 5.97 Å². The molecule has 0 radical (unpaired) electrons. The molecular formula is C15H19NO3. The molecule has 0 saturated heterocycles. The lowest BCUT2D eigenvalue weighted by atomic mass is 9.88. The molecule has 1 unspecified atom stereocenters. The quantitative estimate of drug-likeness (QED) is 0.901. The zero-order valence-electron chi connectivity index (χ0n) is 11.3. The van der Waals surface area contributed by atoms with Crippen molar-refractivity contribution in [1.29, 1.82) is 0 Å². The van der Waals surface area contributed by atoms with Crippen LogP contribution in [0, 0.1) is 5.41 Å². The number of nitrogens with zero attached hydrogens (tertiary/aromatic N) is 1. The minimum atomic E-state index is -0.678. The first-order chi connectivity index (χ1) is 9.04. The van der Waals surface area contributed by atoms with Crippen molar-refractivity contribution in [2.45, 2.75) is 25.3 Å². The summed E-state index contributed by atoms with van der Waals surface area (Å²) in [6.45, 7) is 0.732. The Morgan fingerprint density at radius 1 is 1.42 bits per heavy atom. The molecule has 102 valence electrons. The number of carboxylic acid groups (broad SMARTS) is 1. The van der Waals surface area contributed by atoms with Gasteiger partial charge in [-0.1, -0.05) is 12.1 Å². The van der Waals surface area contributed by atoms with Gasteiger partial charge < -0.3 is 14.7 Å². The first-order valence-corrected chi connectivity index (χ1v) is 6.70. The summed E-state index contributed by atoms with van der Waals surface area (Å²) in [5.74, 6) is 0.268. The lowest BCUT2D eigenvalue weighted by molar-refractivity contribution is -0.146. The van der Waals surface area contributed by atoms with E-state index < -0.39 is 11.4 Å². The molecular weight excluding hydrogens is 242 g/mol. The van der Waals surface area contributed by atoms with Gasteiger partial charge in [0.25, 0.3) is 0 Å². The first-order valence-electron chi connectivity index (χ1n) is 6.70. The van der Waals surface area contributed by atoms with Crippen LogP contribution in [-0.2, 0) is 11.2 Å². The maximum atomic E-state index is 11.6. The lowest BCUT2D eigenvalue weighted by Crippen LogP contribution is -2.33. The maximum Gasteiger partial charge on any atom is 0.311 e. The van der Waals surface area contributed by atoms with E-state index in [0.717, 1.165) is 37.2 Å². The predicted molar refractivity (Wildman–Crippen MR) is 71.4 cm³/mol. The van der Waals surface area contributed by atoms with Crippen molar-refractivity contribution in [2.24, 2.45) is 5.41 Å². The predicted octanol–water partition coefficient (Wildman–Crippen LogP) is 2.09. The summed E-state index contributed by atoms with van der Waals surface area (Å²) in [5, 5.41) is 9.53. The van der Waals surface area contributed by atoms with E-state index in [2.05, 4.69) is 6.07 Å². The van der Waals surface area contributed by atoms with E-state index in [4.69, 9.17) is 4.74 Å². The molecule has 4 heteroatoms. The number of ether oxygens (including phenoxy) is 1. The largest absolute Gasteiger partial charge is 0.493 e. The highest BCUT2D eigenvalue weighted by atomic mass is 16.5. The van der Waals surface area contributed by atoms with Crippen molar-refractivity contribution in [3.8, 4) is 5.75 Å².